The van der Waals surface area contributed by atoms with Crippen molar-refractivity contribution in [2.24, 2.45) is 4.99 Å². The van der Waals surface area contributed by atoms with Crippen molar-refractivity contribution >= 4 is 59.1 Å². The van der Waals surface area contributed by atoms with E-state index in [0.29, 0.717) is 6.47 Å². The Kier molecular flexibility index (Phi) is 8.10. The van der Waals surface area contributed by atoms with Crippen LogP contribution >= 0.6 is 30.3 Å². The normalized spacial score (nSPS) is 10.1. The number of benzene rings is 3. The van der Waals surface area contributed by atoms with E-state index in [1.54, 1.807) is 9.12 Å². The predicted octanol–water partition coefficient (Wildman–Crippen LogP) is 6.75. The summed E-state index contributed by atoms with van der Waals surface area (Å²) in [5.74, 6) is 0. The Balaban J connectivity index is 0.000000589. The summed E-state index contributed by atoms with van der Waals surface area (Å²) in [4.78, 5) is 14.1. The van der Waals surface area contributed by atoms with Gasteiger partial charge in [0.15, 0.2) is 0 Å². The first kappa shape index (κ1) is 22.1. The lowest BCUT2D eigenvalue weighted by atomic mass is 10.0. The fourth-order valence-electron chi connectivity index (χ4n) is 3.12. The molecule has 0 saturated heterocycles. The van der Waals surface area contributed by atoms with Gasteiger partial charge in [0.05, 0.1) is 24.0 Å². The van der Waals surface area contributed by atoms with Gasteiger partial charge in [-0.2, -0.15) is 0 Å². The number of hydrogen-bond donors (Lipinski definition) is 0. The molecule has 0 spiro atoms. The molecule has 0 aliphatic heterocycles. The molecule has 0 aliphatic carbocycles. The van der Waals surface area contributed by atoms with Crippen LogP contribution in [0.1, 0.15) is 16.8 Å². The highest BCUT2D eigenvalue weighted by Crippen LogP contribution is 2.34. The highest BCUT2D eigenvalue weighted by molar-refractivity contribution is 14.2. The topological polar surface area (TPSA) is 43.6 Å². The van der Waals surface area contributed by atoms with Crippen LogP contribution in [0.25, 0.3) is 10.9 Å². The van der Waals surface area contributed by atoms with Crippen molar-refractivity contribution in [1.29, 1.82) is 0 Å². The lowest BCUT2D eigenvalue weighted by Gasteiger charge is -2.08. The Bertz CT molecular complexity index is 1100. The monoisotopic (exact) mass is 528 g/mol. The van der Waals surface area contributed by atoms with Crippen molar-refractivity contribution in [3.63, 3.8) is 0 Å². The number of carbonyl (C=O) groups excluding carboxylic acids is 1. The van der Waals surface area contributed by atoms with Gasteiger partial charge in [0.1, 0.15) is 0 Å². The van der Waals surface area contributed by atoms with Gasteiger partial charge >= 0.3 is 0 Å². The van der Waals surface area contributed by atoms with E-state index in [4.69, 9.17) is 9.79 Å². The Morgan fingerprint density at radius 3 is 2.03 bits per heavy atom. The number of carbonyl (C=O) groups is 1. The van der Waals surface area contributed by atoms with Crippen LogP contribution in [0.5, 0.6) is 0 Å². The molecule has 4 aromatic rings. The molecular formula is C24H21IN2O2S. The third kappa shape index (κ3) is 5.12. The third-order valence-electron chi connectivity index (χ3n) is 4.44. The second-order valence-electron chi connectivity index (χ2n) is 6.38. The number of rotatable bonds is 5. The van der Waals surface area contributed by atoms with Gasteiger partial charge in [0.2, 0.25) is 0 Å². The molecule has 0 fully saturated rings. The summed E-state index contributed by atoms with van der Waals surface area (Å²) >= 11 is 2.32. The largest absolute Gasteiger partial charge is 0.471 e. The van der Waals surface area contributed by atoms with Crippen LogP contribution in [-0.4, -0.2) is 23.3 Å². The third-order valence-corrected chi connectivity index (χ3v) is 6.25. The summed E-state index contributed by atoms with van der Waals surface area (Å²) in [5, 5.41) is 1.18. The molecule has 0 saturated carbocycles. The molecule has 1 aromatic heterocycles. The summed E-state index contributed by atoms with van der Waals surface area (Å²) < 4.78 is 6.10. The SMILES string of the molecule is COC=O.Cc1cc2c(N=C(c3ccccc3)c3ccccc3)cccc2n1SI. The number of halogens is 1. The molecule has 152 valence electrons. The summed E-state index contributed by atoms with van der Waals surface area (Å²) in [5.41, 5.74) is 6.65. The molecular weight excluding hydrogens is 507 g/mol. The number of methoxy groups -OCH3 is 1. The Hall–Kier alpha value is -2.58. The number of aliphatic imine (C=N–C) groups is 1. The highest BCUT2D eigenvalue weighted by atomic mass is 127. The zero-order valence-electron chi connectivity index (χ0n) is 16.7. The van der Waals surface area contributed by atoms with Crippen LogP contribution in [0.15, 0.2) is 89.9 Å². The van der Waals surface area contributed by atoms with Crippen molar-refractivity contribution in [2.75, 3.05) is 7.11 Å². The van der Waals surface area contributed by atoms with E-state index in [2.05, 4.69) is 110 Å². The van der Waals surface area contributed by atoms with Crippen LogP contribution in [0, 0.1) is 6.92 Å². The maximum absolute atomic E-state index is 8.95. The molecule has 4 nitrogen and oxygen atoms in total. The molecule has 30 heavy (non-hydrogen) atoms. The first-order valence-corrected chi connectivity index (χ1v) is 12.6. The molecule has 0 aliphatic rings. The molecule has 0 radical (unpaired) electrons. The molecule has 1 heterocycles. The van der Waals surface area contributed by atoms with Crippen LogP contribution < -0.4 is 0 Å². The number of hydrogen-bond acceptors (Lipinski definition) is 4. The first-order chi connectivity index (χ1) is 14.7. The predicted molar refractivity (Wildman–Crippen MR) is 135 cm³/mol. The summed E-state index contributed by atoms with van der Waals surface area (Å²) in [6.45, 7) is 2.51. The minimum atomic E-state index is 0.375. The number of fused-ring (bicyclic) bond motifs is 1. The highest BCUT2D eigenvalue weighted by Gasteiger charge is 2.11. The molecule has 0 unspecified atom stereocenters. The molecule has 4 rings (SSSR count). The lowest BCUT2D eigenvalue weighted by molar-refractivity contribution is -0.126. The van der Waals surface area contributed by atoms with E-state index in [1.807, 2.05) is 12.1 Å². The van der Waals surface area contributed by atoms with E-state index in [-0.39, 0.29) is 0 Å². The van der Waals surface area contributed by atoms with E-state index < -0.39 is 0 Å². The number of ether oxygens (including phenoxy) is 1. The van der Waals surface area contributed by atoms with Gasteiger partial charge in [-0.15, -0.1) is 0 Å². The Labute approximate surface area is 192 Å². The average Bonchev–Trinajstić information content (AvgIpc) is 3.14. The van der Waals surface area contributed by atoms with Gasteiger partial charge in [-0.1, -0.05) is 66.7 Å². The van der Waals surface area contributed by atoms with Gasteiger partial charge in [-0.05, 0) is 25.1 Å². The van der Waals surface area contributed by atoms with E-state index in [1.165, 1.54) is 23.7 Å². The lowest BCUT2D eigenvalue weighted by Crippen LogP contribution is -2.02. The second-order valence-corrected chi connectivity index (χ2v) is 8.07. The maximum Gasteiger partial charge on any atom is 0.292 e. The van der Waals surface area contributed by atoms with Crippen molar-refractivity contribution in [1.82, 2.24) is 3.97 Å². The molecule has 0 N–H and O–H groups in total. The van der Waals surface area contributed by atoms with E-state index >= 15 is 0 Å². The minimum Gasteiger partial charge on any atom is -0.471 e. The standard InChI is InChI=1S/C22H17IN2S.C2H4O2/c1-16-15-19-20(13-8-14-21(19)25(16)26-23)24-22(17-9-4-2-5-10-17)18-11-6-3-7-12-18;1-4-2-3/h2-15H,1H3;2H,1H3. The molecule has 3 aromatic carbocycles. The quantitative estimate of drug-likeness (QED) is 0.164. The van der Waals surface area contributed by atoms with Crippen molar-refractivity contribution in [3.05, 3.63) is 102 Å². The van der Waals surface area contributed by atoms with Gasteiger partial charge in [0.25, 0.3) is 6.47 Å². The zero-order chi connectivity index (χ0) is 21.3. The Morgan fingerprint density at radius 2 is 1.53 bits per heavy atom. The average molecular weight is 528 g/mol. The van der Waals surface area contributed by atoms with Crippen LogP contribution in [-0.2, 0) is 9.53 Å². The molecule has 0 bridgehead atoms. The van der Waals surface area contributed by atoms with Crippen LogP contribution in [0.4, 0.5) is 5.69 Å². The number of aryl methyl sites for hydroxylation is 1. The number of nitrogens with zero attached hydrogens (tertiary/aromatic N) is 2. The van der Waals surface area contributed by atoms with Gasteiger partial charge in [-0.25, -0.2) is 4.99 Å². The minimum absolute atomic E-state index is 0.375. The summed E-state index contributed by atoms with van der Waals surface area (Å²) in [6.07, 6.45) is 0. The zero-order valence-corrected chi connectivity index (χ0v) is 19.6. The van der Waals surface area contributed by atoms with Crippen molar-refractivity contribution in [2.45, 2.75) is 6.92 Å². The molecule has 0 atom stereocenters. The summed E-state index contributed by atoms with van der Waals surface area (Å²) in [6, 6.07) is 29.3. The molecule has 0 amide bonds. The molecule has 6 heteroatoms. The van der Waals surface area contributed by atoms with Gasteiger partial charge in [-0.3, -0.25) is 8.77 Å². The van der Waals surface area contributed by atoms with Crippen molar-refractivity contribution in [3.8, 4) is 0 Å². The fourth-order valence-corrected chi connectivity index (χ4v) is 5.08. The van der Waals surface area contributed by atoms with Crippen molar-refractivity contribution < 1.29 is 9.53 Å². The summed E-state index contributed by atoms with van der Waals surface area (Å²) in [7, 11) is 3.00. The second kappa shape index (κ2) is 11.0. The van der Waals surface area contributed by atoms with E-state index in [0.717, 1.165) is 22.5 Å². The van der Waals surface area contributed by atoms with Crippen LogP contribution in [0.2, 0.25) is 0 Å². The maximum atomic E-state index is 8.95. The van der Waals surface area contributed by atoms with Crippen LogP contribution in [0.3, 0.4) is 0 Å². The van der Waals surface area contributed by atoms with Gasteiger partial charge in [0, 0.05) is 52.5 Å². The fraction of sp³-hybridized carbons (Fsp3) is 0.0833. The van der Waals surface area contributed by atoms with E-state index in [9.17, 15) is 0 Å². The first-order valence-electron chi connectivity index (χ1n) is 9.25. The van der Waals surface area contributed by atoms with Gasteiger partial charge < -0.3 is 4.74 Å². The Morgan fingerprint density at radius 1 is 0.967 bits per heavy atom. The number of aromatic nitrogens is 1. The smallest absolute Gasteiger partial charge is 0.292 e.